The van der Waals surface area contributed by atoms with Crippen LogP contribution in [0.4, 0.5) is 0 Å². The van der Waals surface area contributed by atoms with Crippen molar-refractivity contribution in [1.29, 1.82) is 0 Å². The van der Waals surface area contributed by atoms with E-state index in [1.54, 1.807) is 0 Å². The van der Waals surface area contributed by atoms with Crippen LogP contribution in [0.1, 0.15) is 57.9 Å². The van der Waals surface area contributed by atoms with Crippen molar-refractivity contribution < 1.29 is 9.47 Å². The zero-order valence-electron chi connectivity index (χ0n) is 14.7. The summed E-state index contributed by atoms with van der Waals surface area (Å²) in [5.74, 6) is 2.81. The van der Waals surface area contributed by atoms with Crippen LogP contribution >= 0.6 is 0 Å². The first-order valence-corrected chi connectivity index (χ1v) is 9.43. The smallest absolute Gasteiger partial charge is 0.165 e. The molecule has 3 heteroatoms. The molecule has 4 rings (SSSR count). The largest absolute Gasteiger partial charge is 0.490 e. The van der Waals surface area contributed by atoms with Crippen LogP contribution < -0.4 is 9.47 Å². The van der Waals surface area contributed by atoms with Crippen molar-refractivity contribution >= 4 is 0 Å². The molecule has 1 aromatic carbocycles. The van der Waals surface area contributed by atoms with Crippen LogP contribution in [0, 0.1) is 5.92 Å². The van der Waals surface area contributed by atoms with Crippen molar-refractivity contribution in [3.63, 3.8) is 0 Å². The summed E-state index contributed by atoms with van der Waals surface area (Å²) in [6, 6.07) is 7.15. The standard InChI is InChI=1S/C20H31NO2/c1-3-12-22-19-7-5-6-17(20(19)23-13-4-2)15-21-14-16-8-10-18(21)11-9-16/h5-7,16,18H,3-4,8-15H2,1-2H3. The van der Waals surface area contributed by atoms with Crippen LogP contribution in [0.15, 0.2) is 18.2 Å². The number of hydrogen-bond donors (Lipinski definition) is 0. The lowest BCUT2D eigenvalue weighted by atomic mass is 9.80. The fourth-order valence-electron chi connectivity index (χ4n) is 3.97. The van der Waals surface area contributed by atoms with Gasteiger partial charge in [0.05, 0.1) is 13.2 Å². The fourth-order valence-corrected chi connectivity index (χ4v) is 3.97. The average Bonchev–Trinajstić information content (AvgIpc) is 2.60. The lowest BCUT2D eigenvalue weighted by Crippen LogP contribution is -2.47. The molecule has 0 aromatic heterocycles. The summed E-state index contributed by atoms with van der Waals surface area (Å²) in [6.45, 7) is 8.06. The highest BCUT2D eigenvalue weighted by Gasteiger charge is 2.34. The zero-order valence-corrected chi connectivity index (χ0v) is 14.7. The number of piperidine rings is 2. The highest BCUT2D eigenvalue weighted by atomic mass is 16.5. The average molecular weight is 317 g/mol. The van der Waals surface area contributed by atoms with Crippen molar-refractivity contribution in [2.45, 2.75) is 65.0 Å². The summed E-state index contributed by atoms with van der Waals surface area (Å²) in [6.07, 6.45) is 7.66. The van der Waals surface area contributed by atoms with E-state index in [1.807, 2.05) is 6.07 Å². The first-order valence-electron chi connectivity index (χ1n) is 9.43. The van der Waals surface area contributed by atoms with E-state index >= 15 is 0 Å². The van der Waals surface area contributed by atoms with Gasteiger partial charge in [0, 0.05) is 24.7 Å². The minimum Gasteiger partial charge on any atom is -0.490 e. The first-order chi connectivity index (χ1) is 11.3. The Balaban J connectivity index is 1.76. The van der Waals surface area contributed by atoms with Gasteiger partial charge in [0.25, 0.3) is 0 Å². The van der Waals surface area contributed by atoms with Crippen molar-refractivity contribution in [2.75, 3.05) is 19.8 Å². The Kier molecular flexibility index (Phi) is 5.82. The quantitative estimate of drug-likeness (QED) is 0.697. The summed E-state index contributed by atoms with van der Waals surface area (Å²) in [4.78, 5) is 2.68. The molecule has 1 saturated carbocycles. The molecule has 0 spiro atoms. The maximum Gasteiger partial charge on any atom is 0.165 e. The van der Waals surface area contributed by atoms with Crippen molar-refractivity contribution in [3.8, 4) is 11.5 Å². The van der Waals surface area contributed by atoms with Crippen LogP contribution in [0.2, 0.25) is 0 Å². The van der Waals surface area contributed by atoms with E-state index < -0.39 is 0 Å². The van der Waals surface area contributed by atoms with Gasteiger partial charge < -0.3 is 9.47 Å². The third-order valence-corrected chi connectivity index (χ3v) is 5.17. The van der Waals surface area contributed by atoms with E-state index in [9.17, 15) is 0 Å². The molecule has 23 heavy (non-hydrogen) atoms. The van der Waals surface area contributed by atoms with Crippen LogP contribution in [0.25, 0.3) is 0 Å². The molecule has 0 radical (unpaired) electrons. The van der Waals surface area contributed by atoms with E-state index in [1.165, 1.54) is 37.8 Å². The van der Waals surface area contributed by atoms with Gasteiger partial charge in [0.2, 0.25) is 0 Å². The Bertz CT molecular complexity index is 494. The number of para-hydroxylation sites is 1. The van der Waals surface area contributed by atoms with Crippen LogP contribution in [-0.4, -0.2) is 30.7 Å². The second-order valence-corrected chi connectivity index (χ2v) is 7.05. The Labute approximate surface area is 141 Å². The molecule has 2 heterocycles. The number of hydrogen-bond acceptors (Lipinski definition) is 3. The summed E-state index contributed by atoms with van der Waals surface area (Å²) in [5, 5.41) is 0. The van der Waals surface area contributed by atoms with Gasteiger partial charge in [-0.2, -0.15) is 0 Å². The molecule has 0 unspecified atom stereocenters. The third kappa shape index (κ3) is 4.00. The second kappa shape index (κ2) is 8.05. The second-order valence-electron chi connectivity index (χ2n) is 7.05. The molecular formula is C20H31NO2. The molecule has 1 aliphatic carbocycles. The first kappa shape index (κ1) is 16.6. The normalized spacial score (nSPS) is 23.9. The zero-order chi connectivity index (χ0) is 16.1. The Hall–Kier alpha value is -1.22. The van der Waals surface area contributed by atoms with Crippen LogP contribution in [-0.2, 0) is 6.54 Å². The monoisotopic (exact) mass is 317 g/mol. The van der Waals surface area contributed by atoms with Crippen molar-refractivity contribution in [3.05, 3.63) is 23.8 Å². The third-order valence-electron chi connectivity index (χ3n) is 5.17. The lowest BCUT2D eigenvalue weighted by Gasteiger charge is -2.45. The number of fused-ring (bicyclic) bond motifs is 3. The van der Waals surface area contributed by atoms with Gasteiger partial charge in [0.15, 0.2) is 11.5 Å². The predicted molar refractivity (Wildman–Crippen MR) is 94.2 cm³/mol. The van der Waals surface area contributed by atoms with Crippen molar-refractivity contribution in [1.82, 2.24) is 4.90 Å². The molecule has 0 N–H and O–H groups in total. The topological polar surface area (TPSA) is 21.7 Å². The molecule has 2 saturated heterocycles. The van der Waals surface area contributed by atoms with Crippen molar-refractivity contribution in [2.24, 2.45) is 5.92 Å². The van der Waals surface area contributed by atoms with Gasteiger partial charge in [-0.05, 0) is 50.5 Å². The highest BCUT2D eigenvalue weighted by molar-refractivity contribution is 5.46. The van der Waals surface area contributed by atoms with Crippen LogP contribution in [0.5, 0.6) is 11.5 Å². The molecule has 0 amide bonds. The number of benzene rings is 1. The fraction of sp³-hybridized carbons (Fsp3) is 0.700. The van der Waals surface area contributed by atoms with E-state index in [4.69, 9.17) is 9.47 Å². The van der Waals surface area contributed by atoms with E-state index in [2.05, 4.69) is 30.9 Å². The number of nitrogens with zero attached hydrogens (tertiary/aromatic N) is 1. The number of rotatable bonds is 8. The van der Waals surface area contributed by atoms with Gasteiger partial charge in [0.1, 0.15) is 0 Å². The van der Waals surface area contributed by atoms with Gasteiger partial charge in [-0.3, -0.25) is 4.90 Å². The van der Waals surface area contributed by atoms with Gasteiger partial charge >= 0.3 is 0 Å². The Morgan fingerprint density at radius 3 is 2.39 bits per heavy atom. The summed E-state index contributed by atoms with van der Waals surface area (Å²) < 4.78 is 12.0. The van der Waals surface area contributed by atoms with Gasteiger partial charge in [-0.25, -0.2) is 0 Å². The minimum absolute atomic E-state index is 0.750. The van der Waals surface area contributed by atoms with E-state index in [0.29, 0.717) is 0 Å². The Morgan fingerprint density at radius 2 is 1.74 bits per heavy atom. The van der Waals surface area contributed by atoms with E-state index in [0.717, 1.165) is 56.1 Å². The van der Waals surface area contributed by atoms with Crippen LogP contribution in [0.3, 0.4) is 0 Å². The molecule has 0 atom stereocenters. The summed E-state index contributed by atoms with van der Waals surface area (Å²) >= 11 is 0. The molecule has 3 nitrogen and oxygen atoms in total. The minimum atomic E-state index is 0.750. The summed E-state index contributed by atoms with van der Waals surface area (Å²) in [5.41, 5.74) is 1.29. The molecule has 2 aliphatic heterocycles. The summed E-state index contributed by atoms with van der Waals surface area (Å²) in [7, 11) is 0. The molecule has 3 aliphatic rings. The molecule has 1 aromatic rings. The predicted octanol–water partition coefficient (Wildman–Crippen LogP) is 4.64. The van der Waals surface area contributed by atoms with Gasteiger partial charge in [-0.1, -0.05) is 26.0 Å². The van der Waals surface area contributed by atoms with E-state index in [-0.39, 0.29) is 0 Å². The highest BCUT2D eigenvalue weighted by Crippen LogP contribution is 2.38. The number of ether oxygens (including phenoxy) is 2. The molecular weight excluding hydrogens is 286 g/mol. The molecule has 2 bridgehead atoms. The lowest BCUT2D eigenvalue weighted by molar-refractivity contribution is 0.0418. The van der Waals surface area contributed by atoms with Gasteiger partial charge in [-0.15, -0.1) is 0 Å². The molecule has 3 fully saturated rings. The SMILES string of the molecule is CCCOc1cccc(CN2CC3CCC2CC3)c1OCCC. The Morgan fingerprint density at radius 1 is 1.00 bits per heavy atom. The molecule has 128 valence electrons. The maximum absolute atomic E-state index is 6.08. The maximum atomic E-state index is 6.08.